The summed E-state index contributed by atoms with van der Waals surface area (Å²) in [6.45, 7) is 6.63. The molecule has 1 saturated carbocycles. The molecule has 1 aliphatic rings. The summed E-state index contributed by atoms with van der Waals surface area (Å²) in [7, 11) is 0. The van der Waals surface area contributed by atoms with Crippen LogP contribution in [-0.4, -0.2) is 33.0 Å². The zero-order valence-electron chi connectivity index (χ0n) is 12.8. The maximum absolute atomic E-state index is 12.0. The Labute approximate surface area is 129 Å². The highest BCUT2D eigenvalue weighted by atomic mass is 32.2. The van der Waals surface area contributed by atoms with Crippen molar-refractivity contribution < 1.29 is 9.53 Å². The number of carbonyl (C=O) groups is 1. The number of hydrogen-bond donors (Lipinski definition) is 2. The normalized spacial score (nSPS) is 26.0. The summed E-state index contributed by atoms with van der Waals surface area (Å²) in [5.74, 6) is 1.90. The molecule has 0 aliphatic heterocycles. The van der Waals surface area contributed by atoms with Gasteiger partial charge in [-0.25, -0.2) is 5.10 Å². The van der Waals surface area contributed by atoms with Crippen LogP contribution in [0.5, 0.6) is 0 Å². The maximum Gasteiger partial charge on any atom is 0.316 e. The van der Waals surface area contributed by atoms with Gasteiger partial charge in [-0.3, -0.25) is 4.79 Å². The molecule has 0 radical (unpaired) electrons. The number of hydrogen-bond acceptors (Lipinski definition) is 6. The van der Waals surface area contributed by atoms with Crippen LogP contribution in [0, 0.1) is 17.8 Å². The van der Waals surface area contributed by atoms with E-state index < -0.39 is 0 Å². The molecular weight excluding hydrogens is 288 g/mol. The van der Waals surface area contributed by atoms with E-state index in [-0.39, 0.29) is 23.8 Å². The van der Waals surface area contributed by atoms with E-state index in [0.717, 1.165) is 12.8 Å². The van der Waals surface area contributed by atoms with Gasteiger partial charge in [0.05, 0.1) is 5.75 Å². The van der Waals surface area contributed by atoms with Gasteiger partial charge in [-0.05, 0) is 30.6 Å². The number of H-pyrrole nitrogens is 1. The van der Waals surface area contributed by atoms with E-state index in [1.165, 1.54) is 18.2 Å². The van der Waals surface area contributed by atoms with Crippen molar-refractivity contribution in [1.29, 1.82) is 0 Å². The van der Waals surface area contributed by atoms with E-state index in [1.807, 2.05) is 0 Å². The number of nitrogens with zero attached hydrogens (tertiary/aromatic N) is 2. The Morgan fingerprint density at radius 2 is 2.29 bits per heavy atom. The molecule has 0 spiro atoms. The fraction of sp³-hybridized carbons (Fsp3) is 0.786. The van der Waals surface area contributed by atoms with Crippen molar-refractivity contribution in [1.82, 2.24) is 15.2 Å². The number of ether oxygens (including phenoxy) is 1. The Hall–Kier alpha value is -1.24. The molecule has 118 valence electrons. The molecule has 1 aromatic rings. The number of nitrogens with two attached hydrogens (primary N) is 1. The molecule has 0 aromatic carbocycles. The first-order chi connectivity index (χ1) is 9.95. The van der Waals surface area contributed by atoms with Gasteiger partial charge in [-0.15, -0.1) is 5.10 Å². The largest absolute Gasteiger partial charge is 0.461 e. The topological polar surface area (TPSA) is 93.9 Å². The van der Waals surface area contributed by atoms with Gasteiger partial charge in [-0.2, -0.15) is 4.98 Å². The Morgan fingerprint density at radius 1 is 1.52 bits per heavy atom. The molecule has 6 nitrogen and oxygen atoms in total. The van der Waals surface area contributed by atoms with Crippen LogP contribution < -0.4 is 5.73 Å². The average molecular weight is 312 g/mol. The monoisotopic (exact) mass is 312 g/mol. The zero-order chi connectivity index (χ0) is 15.4. The van der Waals surface area contributed by atoms with E-state index in [2.05, 4.69) is 36.0 Å². The van der Waals surface area contributed by atoms with E-state index in [9.17, 15) is 4.79 Å². The van der Waals surface area contributed by atoms with Crippen LogP contribution in [0.1, 0.15) is 40.0 Å². The van der Waals surface area contributed by atoms with Crippen molar-refractivity contribution in [2.24, 2.45) is 17.8 Å². The third kappa shape index (κ3) is 4.62. The smallest absolute Gasteiger partial charge is 0.316 e. The summed E-state index contributed by atoms with van der Waals surface area (Å²) in [6, 6.07) is 0. The zero-order valence-corrected chi connectivity index (χ0v) is 13.7. The molecule has 0 unspecified atom stereocenters. The van der Waals surface area contributed by atoms with Gasteiger partial charge in [0.2, 0.25) is 11.1 Å². The predicted octanol–water partition coefficient (Wildman–Crippen LogP) is 2.48. The Bertz CT molecular complexity index is 477. The molecule has 0 bridgehead atoms. The van der Waals surface area contributed by atoms with Crippen molar-refractivity contribution in [3.05, 3.63) is 0 Å². The second-order valence-corrected chi connectivity index (χ2v) is 7.09. The van der Waals surface area contributed by atoms with Crippen molar-refractivity contribution in [3.63, 3.8) is 0 Å². The third-order valence-electron chi connectivity index (χ3n) is 4.05. The summed E-state index contributed by atoms with van der Waals surface area (Å²) in [5.41, 5.74) is 5.44. The number of nitrogen functional groups attached to an aromatic ring is 1. The van der Waals surface area contributed by atoms with Crippen LogP contribution in [0.4, 0.5) is 5.95 Å². The molecule has 1 aliphatic carbocycles. The quantitative estimate of drug-likeness (QED) is 0.641. The minimum absolute atomic E-state index is 0.0408. The van der Waals surface area contributed by atoms with Crippen molar-refractivity contribution in [3.8, 4) is 0 Å². The Kier molecular flexibility index (Phi) is 5.50. The van der Waals surface area contributed by atoms with Crippen LogP contribution in [0.2, 0.25) is 0 Å². The first-order valence-corrected chi connectivity index (χ1v) is 8.44. The lowest BCUT2D eigenvalue weighted by atomic mass is 9.75. The van der Waals surface area contributed by atoms with Crippen LogP contribution in [0.25, 0.3) is 0 Å². The molecule has 1 fully saturated rings. The molecule has 3 atom stereocenters. The molecule has 7 heteroatoms. The van der Waals surface area contributed by atoms with Gasteiger partial charge in [0.15, 0.2) is 0 Å². The highest BCUT2D eigenvalue weighted by Gasteiger charge is 2.33. The number of esters is 1. The van der Waals surface area contributed by atoms with Crippen molar-refractivity contribution in [2.45, 2.75) is 51.3 Å². The molecule has 3 N–H and O–H groups in total. The van der Waals surface area contributed by atoms with Crippen LogP contribution in [0.3, 0.4) is 0 Å². The maximum atomic E-state index is 12.0. The first kappa shape index (κ1) is 16.1. The van der Waals surface area contributed by atoms with Gasteiger partial charge >= 0.3 is 5.97 Å². The standard InChI is InChI=1S/C14H24N4O2S/c1-8(2)10-5-4-9(3)6-11(10)20-12(19)7-21-14-16-13(15)17-18-14/h8-11H,4-7H2,1-3H3,(H3,15,16,17,18)/t9-,10+,11-/m1/s1. The molecule has 0 amide bonds. The SMILES string of the molecule is CC(C)[C@@H]1CC[C@@H](C)C[C@H]1OC(=O)CSc1n[nH]c(N)n1. The van der Waals surface area contributed by atoms with Crippen molar-refractivity contribution in [2.75, 3.05) is 11.5 Å². The van der Waals surface area contributed by atoms with E-state index in [1.54, 1.807) is 0 Å². The van der Waals surface area contributed by atoms with E-state index in [4.69, 9.17) is 10.5 Å². The molecule has 1 aromatic heterocycles. The van der Waals surface area contributed by atoms with Gasteiger partial charge in [0.25, 0.3) is 0 Å². The van der Waals surface area contributed by atoms with E-state index >= 15 is 0 Å². The highest BCUT2D eigenvalue weighted by Crippen LogP contribution is 2.35. The Balaban J connectivity index is 1.84. The summed E-state index contributed by atoms with van der Waals surface area (Å²) in [4.78, 5) is 16.0. The molecule has 0 saturated heterocycles. The minimum Gasteiger partial charge on any atom is -0.461 e. The number of carbonyl (C=O) groups excluding carboxylic acids is 1. The first-order valence-electron chi connectivity index (χ1n) is 7.46. The predicted molar refractivity (Wildman–Crippen MR) is 82.7 cm³/mol. The number of nitrogens with one attached hydrogen (secondary N) is 1. The lowest BCUT2D eigenvalue weighted by Gasteiger charge is -2.36. The summed E-state index contributed by atoms with van der Waals surface area (Å²) < 4.78 is 5.71. The highest BCUT2D eigenvalue weighted by molar-refractivity contribution is 7.99. The number of anilines is 1. The Morgan fingerprint density at radius 3 is 2.90 bits per heavy atom. The summed E-state index contributed by atoms with van der Waals surface area (Å²) in [6.07, 6.45) is 3.37. The van der Waals surface area contributed by atoms with Gasteiger partial charge < -0.3 is 10.5 Å². The lowest BCUT2D eigenvalue weighted by molar-refractivity contribution is -0.152. The van der Waals surface area contributed by atoms with Crippen LogP contribution in [0.15, 0.2) is 5.16 Å². The molecule has 2 rings (SSSR count). The van der Waals surface area contributed by atoms with Gasteiger partial charge in [0, 0.05) is 0 Å². The minimum atomic E-state index is -0.201. The second-order valence-electron chi connectivity index (χ2n) is 6.15. The number of thioether (sulfide) groups is 1. The van der Waals surface area contributed by atoms with Crippen molar-refractivity contribution >= 4 is 23.7 Å². The van der Waals surface area contributed by atoms with Gasteiger partial charge in [-0.1, -0.05) is 39.0 Å². The molecule has 1 heterocycles. The second kappa shape index (κ2) is 7.15. The lowest BCUT2D eigenvalue weighted by Crippen LogP contribution is -2.36. The number of rotatable bonds is 5. The fourth-order valence-corrected chi connectivity index (χ4v) is 3.49. The van der Waals surface area contributed by atoms with E-state index in [0.29, 0.717) is 22.9 Å². The average Bonchev–Trinajstić information content (AvgIpc) is 2.82. The van der Waals surface area contributed by atoms with Gasteiger partial charge in [0.1, 0.15) is 6.10 Å². The summed E-state index contributed by atoms with van der Waals surface area (Å²) >= 11 is 1.24. The molecule has 21 heavy (non-hydrogen) atoms. The fourth-order valence-electron chi connectivity index (χ4n) is 2.90. The number of aromatic amines is 1. The van der Waals surface area contributed by atoms with Crippen LogP contribution in [-0.2, 0) is 9.53 Å². The third-order valence-corrected chi connectivity index (χ3v) is 4.87. The molecular formula is C14H24N4O2S. The number of aromatic nitrogens is 3. The summed E-state index contributed by atoms with van der Waals surface area (Å²) in [5, 5.41) is 6.90. The van der Waals surface area contributed by atoms with Crippen LogP contribution >= 0.6 is 11.8 Å².